The van der Waals surface area contributed by atoms with E-state index < -0.39 is 5.91 Å². The lowest BCUT2D eigenvalue weighted by Crippen LogP contribution is -2.57. The molecule has 0 radical (unpaired) electrons. The van der Waals surface area contributed by atoms with Crippen LogP contribution in [0.25, 0.3) is 11.0 Å². The molecule has 0 aliphatic carbocycles. The number of nitrogens with zero attached hydrogens (tertiary/aromatic N) is 5. The highest BCUT2D eigenvalue weighted by molar-refractivity contribution is 6.31. The molecule has 1 saturated heterocycles. The molecule has 1 spiro atoms. The molecule has 5 heterocycles. The first-order valence-corrected chi connectivity index (χ1v) is 10.7. The van der Waals surface area contributed by atoms with Crippen LogP contribution in [-0.4, -0.2) is 67.8 Å². The number of aromatic nitrogens is 4. The van der Waals surface area contributed by atoms with Gasteiger partial charge in [-0.15, -0.1) is 0 Å². The molecule has 3 aromatic heterocycles. The first-order valence-electron chi connectivity index (χ1n) is 10.3. The Morgan fingerprint density at radius 3 is 2.73 bits per heavy atom. The molecule has 0 aromatic carbocycles. The monoisotopic (exact) mass is 468 g/mol. The zero-order chi connectivity index (χ0) is 23.2. The van der Waals surface area contributed by atoms with E-state index in [-0.39, 0.29) is 33.9 Å². The Bertz CT molecular complexity index is 1300. The van der Waals surface area contributed by atoms with E-state index in [1.165, 1.54) is 0 Å². The van der Waals surface area contributed by atoms with Gasteiger partial charge < -0.3 is 26.7 Å². The number of carbonyl (C=O) groups excluding carboxylic acids is 2. The molecule has 3 aromatic rings. The van der Waals surface area contributed by atoms with Crippen molar-refractivity contribution < 1.29 is 9.59 Å². The van der Waals surface area contributed by atoms with E-state index in [1.807, 2.05) is 11.0 Å². The van der Waals surface area contributed by atoms with Crippen LogP contribution in [0.5, 0.6) is 0 Å². The molecule has 2 aliphatic rings. The van der Waals surface area contributed by atoms with Gasteiger partial charge in [0, 0.05) is 30.9 Å². The van der Waals surface area contributed by atoms with Gasteiger partial charge in [0.1, 0.15) is 5.65 Å². The van der Waals surface area contributed by atoms with Gasteiger partial charge in [-0.05, 0) is 25.0 Å². The van der Waals surface area contributed by atoms with Crippen molar-refractivity contribution in [3.63, 3.8) is 0 Å². The molecule has 13 heteroatoms. The van der Waals surface area contributed by atoms with Gasteiger partial charge in [0.05, 0.1) is 17.6 Å². The Morgan fingerprint density at radius 2 is 1.94 bits per heavy atom. The summed E-state index contributed by atoms with van der Waals surface area (Å²) in [6, 6.07) is 3.60. The quantitative estimate of drug-likeness (QED) is 0.361. The summed E-state index contributed by atoms with van der Waals surface area (Å²) in [5.74, 6) is -0.477. The Labute approximate surface area is 192 Å². The average Bonchev–Trinajstić information content (AvgIpc) is 3.43. The minimum absolute atomic E-state index is 0.0291. The van der Waals surface area contributed by atoms with Crippen LogP contribution in [0.2, 0.25) is 5.15 Å². The molecule has 0 unspecified atom stereocenters. The van der Waals surface area contributed by atoms with E-state index in [1.54, 1.807) is 18.5 Å². The van der Waals surface area contributed by atoms with E-state index in [0.29, 0.717) is 49.6 Å². The number of aliphatic imine (C=N–C) groups is 1. The maximum absolute atomic E-state index is 13.1. The van der Waals surface area contributed by atoms with Crippen molar-refractivity contribution in [1.29, 1.82) is 0 Å². The third-order valence-corrected chi connectivity index (χ3v) is 6.25. The Morgan fingerprint density at radius 1 is 1.15 bits per heavy atom. The van der Waals surface area contributed by atoms with Crippen LogP contribution >= 0.6 is 11.6 Å². The third kappa shape index (κ3) is 3.78. The van der Waals surface area contributed by atoms with Crippen molar-refractivity contribution in [2.24, 2.45) is 4.99 Å². The zero-order valence-electron chi connectivity index (χ0n) is 17.4. The summed E-state index contributed by atoms with van der Waals surface area (Å²) in [6.45, 7) is 1.59. The number of rotatable bonds is 2. The summed E-state index contributed by atoms with van der Waals surface area (Å²) in [6.07, 6.45) is 4.76. The Kier molecular flexibility index (Phi) is 5.01. The Hall–Kier alpha value is -3.93. The van der Waals surface area contributed by atoms with Gasteiger partial charge in [-0.2, -0.15) is 0 Å². The predicted octanol–water partition coefficient (Wildman–Crippen LogP) is 0.535. The molecule has 7 N–H and O–H groups in total. The number of guanidine groups is 1. The van der Waals surface area contributed by atoms with Crippen molar-refractivity contribution in [3.05, 3.63) is 40.9 Å². The molecular weight excluding hydrogens is 448 g/mol. The van der Waals surface area contributed by atoms with E-state index in [0.717, 1.165) is 5.39 Å². The van der Waals surface area contributed by atoms with Crippen molar-refractivity contribution in [1.82, 2.24) is 35.5 Å². The minimum Gasteiger partial charge on any atom is -0.382 e. The van der Waals surface area contributed by atoms with Crippen molar-refractivity contribution in [3.8, 4) is 0 Å². The second-order valence-corrected chi connectivity index (χ2v) is 8.41. The number of hydrogen-bond acceptors (Lipinski definition) is 9. The van der Waals surface area contributed by atoms with Crippen molar-refractivity contribution in [2.45, 2.75) is 18.4 Å². The summed E-state index contributed by atoms with van der Waals surface area (Å²) < 4.78 is 0. The highest BCUT2D eigenvalue weighted by Gasteiger charge is 2.40. The molecule has 0 saturated carbocycles. The number of aromatic amines is 1. The first kappa shape index (κ1) is 20.9. The fourth-order valence-electron chi connectivity index (χ4n) is 4.15. The van der Waals surface area contributed by atoms with Crippen LogP contribution < -0.4 is 22.1 Å². The smallest absolute Gasteiger partial charge is 0.280 e. The summed E-state index contributed by atoms with van der Waals surface area (Å²) >= 11 is 5.85. The van der Waals surface area contributed by atoms with Crippen molar-refractivity contribution >= 4 is 52.0 Å². The number of nitrogens with two attached hydrogens (primary N) is 2. The second kappa shape index (κ2) is 7.89. The number of nitrogen functional groups attached to an aromatic ring is 2. The number of halogens is 1. The lowest BCUT2D eigenvalue weighted by Gasteiger charge is -2.39. The standard InChI is InChI=1S/C20H21ClN10O2/c21-13-15(23)28-14(22)12(27-13)17(32)29-19-26-9-20(30-19)3-7-31(8-4-20)18(33)11-2-6-25-16-10(11)1-5-24-16/h1-2,5-6H,3-4,7-9H2,(H,24,25)(H4,22,23,28)(H2,26,29,30,32). The predicted molar refractivity (Wildman–Crippen MR) is 123 cm³/mol. The highest BCUT2D eigenvalue weighted by atomic mass is 35.5. The number of hydrogen-bond donors (Lipinski definition) is 5. The number of nitrogens with one attached hydrogen (secondary N) is 3. The number of piperidine rings is 1. The number of carbonyl (C=O) groups is 2. The molecule has 33 heavy (non-hydrogen) atoms. The SMILES string of the molecule is Nc1nc(N)c(C(=O)NC2=NCC3(CCN(C(=O)c4ccnc5[nH]ccc45)CC3)N2)nc1Cl. The molecule has 5 rings (SSSR count). The number of pyridine rings is 1. The number of amides is 2. The molecule has 1 fully saturated rings. The van der Waals surface area contributed by atoms with Gasteiger partial charge in [-0.25, -0.2) is 15.0 Å². The molecule has 12 nitrogen and oxygen atoms in total. The fourth-order valence-corrected chi connectivity index (χ4v) is 4.27. The minimum atomic E-state index is -0.592. The molecular formula is C20H21ClN10O2. The van der Waals surface area contributed by atoms with Crippen LogP contribution in [0.1, 0.15) is 33.7 Å². The van der Waals surface area contributed by atoms with Crippen LogP contribution in [0.3, 0.4) is 0 Å². The van der Waals surface area contributed by atoms with Gasteiger partial charge in [-0.1, -0.05) is 11.6 Å². The maximum Gasteiger partial charge on any atom is 0.280 e. The first-order chi connectivity index (χ1) is 15.8. The summed E-state index contributed by atoms with van der Waals surface area (Å²) in [4.78, 5) is 46.9. The second-order valence-electron chi connectivity index (χ2n) is 8.05. The topological polar surface area (TPSA) is 180 Å². The average molecular weight is 469 g/mol. The van der Waals surface area contributed by atoms with Gasteiger partial charge in [0.15, 0.2) is 28.4 Å². The van der Waals surface area contributed by atoms with E-state index in [9.17, 15) is 9.59 Å². The Balaban J connectivity index is 1.21. The number of likely N-dealkylation sites (tertiary alicyclic amines) is 1. The van der Waals surface area contributed by atoms with E-state index in [2.05, 4.69) is 35.6 Å². The van der Waals surface area contributed by atoms with Crippen LogP contribution in [-0.2, 0) is 0 Å². The number of anilines is 2. The molecule has 2 aliphatic heterocycles. The highest BCUT2D eigenvalue weighted by Crippen LogP contribution is 2.28. The third-order valence-electron chi connectivity index (χ3n) is 5.97. The zero-order valence-corrected chi connectivity index (χ0v) is 18.2. The van der Waals surface area contributed by atoms with Gasteiger partial charge >= 0.3 is 0 Å². The van der Waals surface area contributed by atoms with Crippen LogP contribution in [0.15, 0.2) is 29.5 Å². The summed E-state index contributed by atoms with van der Waals surface area (Å²) in [7, 11) is 0. The lowest BCUT2D eigenvalue weighted by molar-refractivity contribution is 0.0670. The molecule has 0 atom stereocenters. The summed E-state index contributed by atoms with van der Waals surface area (Å²) in [5.41, 5.74) is 12.1. The van der Waals surface area contributed by atoms with Gasteiger partial charge in [0.25, 0.3) is 11.8 Å². The molecule has 0 bridgehead atoms. The molecule has 2 amide bonds. The largest absolute Gasteiger partial charge is 0.382 e. The van der Waals surface area contributed by atoms with E-state index in [4.69, 9.17) is 23.1 Å². The normalized spacial score (nSPS) is 17.1. The van der Waals surface area contributed by atoms with E-state index >= 15 is 0 Å². The van der Waals surface area contributed by atoms with Crippen molar-refractivity contribution in [2.75, 3.05) is 31.1 Å². The van der Waals surface area contributed by atoms with Gasteiger partial charge in [0.2, 0.25) is 0 Å². The number of H-pyrrole nitrogens is 1. The molecule has 170 valence electrons. The maximum atomic E-state index is 13.1. The summed E-state index contributed by atoms with van der Waals surface area (Å²) in [5, 5.41) is 6.66. The van der Waals surface area contributed by atoms with Crippen LogP contribution in [0.4, 0.5) is 11.6 Å². The fraction of sp³-hybridized carbons (Fsp3) is 0.300. The lowest BCUT2D eigenvalue weighted by atomic mass is 9.88. The number of fused-ring (bicyclic) bond motifs is 1. The van der Waals surface area contributed by atoms with Gasteiger partial charge in [-0.3, -0.25) is 19.9 Å². The van der Waals surface area contributed by atoms with Crippen LogP contribution in [0, 0.1) is 0 Å².